The maximum atomic E-state index is 11.8. The Hall–Kier alpha value is -1.55. The first kappa shape index (κ1) is 15.8. The number of nitrogens with two attached hydrogens (primary N) is 1. The summed E-state index contributed by atoms with van der Waals surface area (Å²) in [7, 11) is 0. The van der Waals surface area contributed by atoms with Crippen LogP contribution in [0.1, 0.15) is 49.9 Å². The summed E-state index contributed by atoms with van der Waals surface area (Å²) in [4.78, 5) is 11.8. The average molecular weight is 290 g/mol. The minimum Gasteiger partial charge on any atom is -0.459 e. The van der Waals surface area contributed by atoms with E-state index in [9.17, 15) is 4.79 Å². The second kappa shape index (κ2) is 7.46. The molecule has 4 nitrogen and oxygen atoms in total. The molecule has 1 aromatic carbocycles. The number of ether oxygens (including phenoxy) is 1. The van der Waals surface area contributed by atoms with Crippen LogP contribution in [-0.4, -0.2) is 24.7 Å². The molecule has 1 aromatic rings. The van der Waals surface area contributed by atoms with Crippen LogP contribution in [0, 0.1) is 5.92 Å². The molecular formula is C17H26N2O2. The highest BCUT2D eigenvalue weighted by Gasteiger charge is 2.23. The Morgan fingerprint density at radius 1 is 1.29 bits per heavy atom. The van der Waals surface area contributed by atoms with Crippen molar-refractivity contribution in [2.45, 2.75) is 51.7 Å². The summed E-state index contributed by atoms with van der Waals surface area (Å²) in [5, 5.41) is 3.56. The SMILES string of the molecule is CC(C)OC(=O)c1ccc(NC2CCCCC2CN)cc1. The second-order valence-electron chi connectivity index (χ2n) is 6.06. The van der Waals surface area contributed by atoms with Gasteiger partial charge in [-0.3, -0.25) is 0 Å². The molecule has 2 unspecified atom stereocenters. The molecule has 0 bridgehead atoms. The van der Waals surface area contributed by atoms with Gasteiger partial charge in [0, 0.05) is 11.7 Å². The van der Waals surface area contributed by atoms with Crippen molar-refractivity contribution in [1.29, 1.82) is 0 Å². The fraction of sp³-hybridized carbons (Fsp3) is 0.588. The third-order valence-electron chi connectivity index (χ3n) is 4.03. The van der Waals surface area contributed by atoms with Crippen LogP contribution in [0.25, 0.3) is 0 Å². The molecule has 1 aliphatic rings. The largest absolute Gasteiger partial charge is 0.459 e. The summed E-state index contributed by atoms with van der Waals surface area (Å²) >= 11 is 0. The van der Waals surface area contributed by atoms with E-state index in [1.807, 2.05) is 38.1 Å². The number of benzene rings is 1. The topological polar surface area (TPSA) is 64.3 Å². The van der Waals surface area contributed by atoms with Crippen LogP contribution in [0.2, 0.25) is 0 Å². The van der Waals surface area contributed by atoms with Crippen LogP contribution in [-0.2, 0) is 4.74 Å². The van der Waals surface area contributed by atoms with Gasteiger partial charge < -0.3 is 15.8 Å². The molecule has 1 aliphatic carbocycles. The Morgan fingerprint density at radius 3 is 2.57 bits per heavy atom. The molecule has 4 heteroatoms. The van der Waals surface area contributed by atoms with Gasteiger partial charge in [0.15, 0.2) is 0 Å². The number of rotatable bonds is 5. The summed E-state index contributed by atoms with van der Waals surface area (Å²) in [6.07, 6.45) is 4.81. The van der Waals surface area contributed by atoms with Gasteiger partial charge in [0.25, 0.3) is 0 Å². The number of anilines is 1. The summed E-state index contributed by atoms with van der Waals surface area (Å²) in [6.45, 7) is 4.43. The Bertz CT molecular complexity index is 456. The number of hydrogen-bond donors (Lipinski definition) is 2. The van der Waals surface area contributed by atoms with Crippen molar-refractivity contribution in [1.82, 2.24) is 0 Å². The lowest BCUT2D eigenvalue weighted by molar-refractivity contribution is 0.0378. The zero-order chi connectivity index (χ0) is 15.2. The normalized spacial score (nSPS) is 22.1. The standard InChI is InChI=1S/C17H26N2O2/c1-12(2)21-17(20)13-7-9-15(10-8-13)19-16-6-4-3-5-14(16)11-18/h7-10,12,14,16,19H,3-6,11,18H2,1-2H3. The quantitative estimate of drug-likeness (QED) is 0.817. The van der Waals surface area contributed by atoms with Gasteiger partial charge in [-0.1, -0.05) is 12.8 Å². The molecule has 0 saturated heterocycles. The van der Waals surface area contributed by atoms with Gasteiger partial charge in [0.2, 0.25) is 0 Å². The highest BCUT2D eigenvalue weighted by Crippen LogP contribution is 2.26. The maximum Gasteiger partial charge on any atom is 0.338 e. The molecule has 116 valence electrons. The molecule has 0 aliphatic heterocycles. The molecule has 3 N–H and O–H groups in total. The van der Waals surface area contributed by atoms with E-state index in [1.54, 1.807) is 0 Å². The molecule has 0 aromatic heterocycles. The summed E-state index contributed by atoms with van der Waals surface area (Å²) in [5.74, 6) is 0.276. The number of nitrogens with one attached hydrogen (secondary N) is 1. The Morgan fingerprint density at radius 2 is 1.95 bits per heavy atom. The molecule has 0 radical (unpaired) electrons. The molecule has 1 fully saturated rings. The monoisotopic (exact) mass is 290 g/mol. The zero-order valence-corrected chi connectivity index (χ0v) is 13.0. The van der Waals surface area contributed by atoms with Gasteiger partial charge in [-0.05, 0) is 63.4 Å². The van der Waals surface area contributed by atoms with E-state index in [-0.39, 0.29) is 12.1 Å². The van der Waals surface area contributed by atoms with E-state index in [0.29, 0.717) is 17.5 Å². The third-order valence-corrected chi connectivity index (χ3v) is 4.03. The number of hydrogen-bond acceptors (Lipinski definition) is 4. The van der Waals surface area contributed by atoms with Crippen LogP contribution in [0.15, 0.2) is 24.3 Å². The van der Waals surface area contributed by atoms with Gasteiger partial charge in [-0.15, -0.1) is 0 Å². The Balaban J connectivity index is 1.97. The van der Waals surface area contributed by atoms with Crippen molar-refractivity contribution in [3.05, 3.63) is 29.8 Å². The molecule has 0 heterocycles. The lowest BCUT2D eigenvalue weighted by atomic mass is 9.84. The number of carbonyl (C=O) groups is 1. The third kappa shape index (κ3) is 4.46. The average Bonchev–Trinajstić information content (AvgIpc) is 2.48. The fourth-order valence-electron chi connectivity index (χ4n) is 2.88. The molecule has 0 spiro atoms. The van der Waals surface area contributed by atoms with Crippen molar-refractivity contribution in [3.63, 3.8) is 0 Å². The van der Waals surface area contributed by atoms with E-state index in [1.165, 1.54) is 25.7 Å². The first-order valence-corrected chi connectivity index (χ1v) is 7.88. The highest BCUT2D eigenvalue weighted by atomic mass is 16.5. The van der Waals surface area contributed by atoms with Gasteiger partial charge in [-0.25, -0.2) is 4.79 Å². The van der Waals surface area contributed by atoms with E-state index in [0.717, 1.165) is 12.2 Å². The molecule has 21 heavy (non-hydrogen) atoms. The minimum atomic E-state index is -0.269. The summed E-state index contributed by atoms with van der Waals surface area (Å²) in [6, 6.07) is 7.95. The number of esters is 1. The van der Waals surface area contributed by atoms with Crippen LogP contribution in [0.3, 0.4) is 0 Å². The molecular weight excluding hydrogens is 264 g/mol. The Kier molecular flexibility index (Phi) is 5.62. The highest BCUT2D eigenvalue weighted by molar-refractivity contribution is 5.89. The van der Waals surface area contributed by atoms with E-state index < -0.39 is 0 Å². The predicted octanol–water partition coefficient (Wildman–Crippen LogP) is 3.18. The lowest BCUT2D eigenvalue weighted by Gasteiger charge is -2.32. The molecule has 2 atom stereocenters. The van der Waals surface area contributed by atoms with Gasteiger partial charge in [0.05, 0.1) is 11.7 Å². The summed E-state index contributed by atoms with van der Waals surface area (Å²) < 4.78 is 5.18. The fourth-order valence-corrected chi connectivity index (χ4v) is 2.88. The van der Waals surface area contributed by atoms with Crippen LogP contribution in [0.5, 0.6) is 0 Å². The van der Waals surface area contributed by atoms with Crippen molar-refractivity contribution < 1.29 is 9.53 Å². The maximum absolute atomic E-state index is 11.8. The van der Waals surface area contributed by atoms with Crippen LogP contribution in [0.4, 0.5) is 5.69 Å². The van der Waals surface area contributed by atoms with Crippen LogP contribution >= 0.6 is 0 Å². The van der Waals surface area contributed by atoms with Crippen molar-refractivity contribution in [2.24, 2.45) is 11.7 Å². The van der Waals surface area contributed by atoms with Gasteiger partial charge >= 0.3 is 5.97 Å². The van der Waals surface area contributed by atoms with Crippen molar-refractivity contribution in [3.8, 4) is 0 Å². The smallest absolute Gasteiger partial charge is 0.338 e. The lowest BCUT2D eigenvalue weighted by Crippen LogP contribution is -2.36. The first-order chi connectivity index (χ1) is 10.1. The summed E-state index contributed by atoms with van der Waals surface area (Å²) in [5.41, 5.74) is 7.49. The Labute approximate surface area is 127 Å². The zero-order valence-electron chi connectivity index (χ0n) is 13.0. The van der Waals surface area contributed by atoms with Crippen LogP contribution < -0.4 is 11.1 Å². The van der Waals surface area contributed by atoms with E-state index >= 15 is 0 Å². The first-order valence-electron chi connectivity index (χ1n) is 7.88. The van der Waals surface area contributed by atoms with Gasteiger partial charge in [0.1, 0.15) is 0 Å². The second-order valence-corrected chi connectivity index (χ2v) is 6.06. The number of carbonyl (C=O) groups excluding carboxylic acids is 1. The van der Waals surface area contributed by atoms with Gasteiger partial charge in [-0.2, -0.15) is 0 Å². The van der Waals surface area contributed by atoms with E-state index in [4.69, 9.17) is 10.5 Å². The molecule has 0 amide bonds. The van der Waals surface area contributed by atoms with Crippen molar-refractivity contribution in [2.75, 3.05) is 11.9 Å². The minimum absolute atomic E-state index is 0.0946. The van der Waals surface area contributed by atoms with E-state index in [2.05, 4.69) is 5.32 Å². The predicted molar refractivity (Wildman–Crippen MR) is 85.4 cm³/mol. The van der Waals surface area contributed by atoms with Crippen molar-refractivity contribution >= 4 is 11.7 Å². The molecule has 2 rings (SSSR count). The molecule has 1 saturated carbocycles.